The molecule has 16 heteroatoms. The van der Waals surface area contributed by atoms with Crippen molar-refractivity contribution in [1.29, 1.82) is 0 Å². The zero-order valence-electron chi connectivity index (χ0n) is 30.4. The first-order chi connectivity index (χ1) is 25.3. The summed E-state index contributed by atoms with van der Waals surface area (Å²) in [6.07, 6.45) is 5.01. The van der Waals surface area contributed by atoms with E-state index in [1.165, 1.54) is 6.20 Å². The molecule has 53 heavy (non-hydrogen) atoms. The molecule has 0 unspecified atom stereocenters. The second-order valence-corrected chi connectivity index (χ2v) is 16.4. The molecule has 0 bridgehead atoms. The molecule has 0 saturated carbocycles. The Labute approximate surface area is 314 Å². The number of pyridine rings is 1. The second-order valence-electron chi connectivity index (χ2n) is 13.6. The number of imide groups is 1. The van der Waals surface area contributed by atoms with E-state index in [4.69, 9.17) is 16.3 Å². The number of amides is 3. The molecule has 0 atom stereocenters. The van der Waals surface area contributed by atoms with Crippen LogP contribution in [-0.2, 0) is 21.2 Å². The van der Waals surface area contributed by atoms with Crippen LogP contribution in [-0.4, -0.2) is 84.3 Å². The van der Waals surface area contributed by atoms with E-state index in [2.05, 4.69) is 40.7 Å². The number of piperazine rings is 1. The maximum Gasteiger partial charge on any atom is 0.328 e. The molecule has 0 spiro atoms. The van der Waals surface area contributed by atoms with Crippen molar-refractivity contribution in [3.05, 3.63) is 77.2 Å². The number of ether oxygens (including phenoxy) is 1. The van der Waals surface area contributed by atoms with Gasteiger partial charge in [0.25, 0.3) is 0 Å². The highest BCUT2D eigenvalue weighted by Gasteiger charge is 2.28. The highest BCUT2D eigenvalue weighted by molar-refractivity contribution is 7.92. The molecule has 2 aliphatic rings. The van der Waals surface area contributed by atoms with Crippen molar-refractivity contribution in [2.24, 2.45) is 0 Å². The van der Waals surface area contributed by atoms with Gasteiger partial charge in [-0.15, -0.1) is 0 Å². The SMILES string of the molecule is Cc1cc(Nc2ncc(Cl)c(Nc3ccccc3S(=O)(=O)C(C)C)n2)c(OC(C)C)cc1N1CCN(Cc2ccncc2N2CCC(=O)NC2=O)CC1. The van der Waals surface area contributed by atoms with Gasteiger partial charge in [0.05, 0.1) is 45.7 Å². The smallest absolute Gasteiger partial charge is 0.328 e. The summed E-state index contributed by atoms with van der Waals surface area (Å²) < 4.78 is 32.4. The largest absolute Gasteiger partial charge is 0.489 e. The lowest BCUT2D eigenvalue weighted by Crippen LogP contribution is -2.50. The lowest BCUT2D eigenvalue weighted by molar-refractivity contribution is -0.120. The number of sulfone groups is 1. The Hall–Kier alpha value is -4.99. The summed E-state index contributed by atoms with van der Waals surface area (Å²) in [6, 6.07) is 12.2. The summed E-state index contributed by atoms with van der Waals surface area (Å²) >= 11 is 6.49. The molecule has 3 amide bonds. The van der Waals surface area contributed by atoms with Crippen LogP contribution >= 0.6 is 11.6 Å². The van der Waals surface area contributed by atoms with E-state index in [0.29, 0.717) is 35.9 Å². The Morgan fingerprint density at radius 3 is 2.42 bits per heavy atom. The first kappa shape index (κ1) is 37.8. The number of aromatic nitrogens is 3. The van der Waals surface area contributed by atoms with Gasteiger partial charge < -0.3 is 20.3 Å². The number of nitrogens with zero attached hydrogens (tertiary/aromatic N) is 6. The van der Waals surface area contributed by atoms with E-state index < -0.39 is 21.1 Å². The van der Waals surface area contributed by atoms with Crippen LogP contribution < -0.4 is 30.5 Å². The van der Waals surface area contributed by atoms with Crippen molar-refractivity contribution in [3.8, 4) is 5.75 Å². The van der Waals surface area contributed by atoms with E-state index in [-0.39, 0.29) is 40.1 Å². The van der Waals surface area contributed by atoms with Gasteiger partial charge in [-0.1, -0.05) is 23.7 Å². The molecule has 0 radical (unpaired) electrons. The zero-order valence-corrected chi connectivity index (χ0v) is 32.0. The third kappa shape index (κ3) is 8.64. The summed E-state index contributed by atoms with van der Waals surface area (Å²) in [5.74, 6) is 0.860. The predicted molar refractivity (Wildman–Crippen MR) is 207 cm³/mol. The quantitative estimate of drug-likeness (QED) is 0.153. The van der Waals surface area contributed by atoms with E-state index in [1.807, 2.05) is 39.0 Å². The van der Waals surface area contributed by atoms with E-state index in [0.717, 1.165) is 43.0 Å². The van der Waals surface area contributed by atoms with Crippen molar-refractivity contribution in [1.82, 2.24) is 25.2 Å². The van der Waals surface area contributed by atoms with Gasteiger partial charge in [0.15, 0.2) is 15.7 Å². The normalized spacial score (nSPS) is 15.5. The van der Waals surface area contributed by atoms with Crippen molar-refractivity contribution in [2.45, 2.75) is 63.8 Å². The third-order valence-electron chi connectivity index (χ3n) is 9.06. The Morgan fingerprint density at radius 1 is 0.943 bits per heavy atom. The maximum absolute atomic E-state index is 13.0. The number of urea groups is 1. The number of hydrogen-bond donors (Lipinski definition) is 3. The monoisotopic (exact) mass is 761 g/mol. The summed E-state index contributed by atoms with van der Waals surface area (Å²) in [4.78, 5) is 43.9. The fourth-order valence-electron chi connectivity index (χ4n) is 6.28. The number of rotatable bonds is 12. The van der Waals surface area contributed by atoms with E-state index >= 15 is 0 Å². The fraction of sp³-hybridized carbons (Fsp3) is 0.378. The minimum Gasteiger partial charge on any atom is -0.489 e. The molecule has 6 rings (SSSR count). The zero-order chi connectivity index (χ0) is 37.9. The Morgan fingerprint density at radius 2 is 1.70 bits per heavy atom. The Kier molecular flexibility index (Phi) is 11.4. The summed E-state index contributed by atoms with van der Waals surface area (Å²) in [5, 5.41) is 8.41. The minimum absolute atomic E-state index is 0.111. The average molecular weight is 762 g/mol. The van der Waals surface area contributed by atoms with Crippen LogP contribution in [0, 0.1) is 6.92 Å². The van der Waals surface area contributed by atoms with Gasteiger partial charge in [-0.25, -0.2) is 18.2 Å². The first-order valence-corrected chi connectivity index (χ1v) is 19.4. The molecule has 2 aromatic carbocycles. The van der Waals surface area contributed by atoms with Crippen LogP contribution in [0.3, 0.4) is 0 Å². The van der Waals surface area contributed by atoms with Gasteiger partial charge in [-0.3, -0.25) is 24.9 Å². The van der Waals surface area contributed by atoms with Gasteiger partial charge in [-0.05, 0) is 70.0 Å². The number of halogens is 1. The van der Waals surface area contributed by atoms with Crippen molar-refractivity contribution in [2.75, 3.05) is 53.2 Å². The number of hydrogen-bond acceptors (Lipinski definition) is 12. The molecule has 2 aliphatic heterocycles. The van der Waals surface area contributed by atoms with Crippen molar-refractivity contribution >= 4 is 67.9 Å². The molecular weight excluding hydrogens is 718 g/mol. The second kappa shape index (κ2) is 15.9. The minimum atomic E-state index is -3.58. The summed E-state index contributed by atoms with van der Waals surface area (Å²) in [5.41, 5.74) is 4.80. The molecule has 280 valence electrons. The van der Waals surface area contributed by atoms with Gasteiger partial charge in [0.2, 0.25) is 11.9 Å². The fourth-order valence-corrected chi connectivity index (χ4v) is 7.62. The highest BCUT2D eigenvalue weighted by atomic mass is 35.5. The van der Waals surface area contributed by atoms with Crippen LogP contribution in [0.4, 0.5) is 39.3 Å². The number of aryl methyl sites for hydroxylation is 1. The molecule has 2 aromatic heterocycles. The number of carbonyl (C=O) groups excluding carboxylic acids is 2. The predicted octanol–water partition coefficient (Wildman–Crippen LogP) is 6.06. The number of carbonyl (C=O) groups is 2. The lowest BCUT2D eigenvalue weighted by Gasteiger charge is -2.38. The molecule has 4 aromatic rings. The number of nitrogens with one attached hydrogen (secondary N) is 3. The first-order valence-electron chi connectivity index (χ1n) is 17.5. The van der Waals surface area contributed by atoms with Crippen LogP contribution in [0.5, 0.6) is 5.75 Å². The lowest BCUT2D eigenvalue weighted by atomic mass is 10.1. The van der Waals surface area contributed by atoms with Gasteiger partial charge in [0.1, 0.15) is 10.8 Å². The molecule has 0 aliphatic carbocycles. The van der Waals surface area contributed by atoms with Crippen LogP contribution in [0.25, 0.3) is 0 Å². The number of anilines is 6. The molecule has 4 heterocycles. The molecule has 14 nitrogen and oxygen atoms in total. The third-order valence-corrected chi connectivity index (χ3v) is 11.5. The Balaban J connectivity index is 1.18. The topological polar surface area (TPSA) is 162 Å². The number of para-hydroxylation sites is 1. The molecule has 2 fully saturated rings. The van der Waals surface area contributed by atoms with Crippen molar-refractivity contribution < 1.29 is 22.7 Å². The highest BCUT2D eigenvalue weighted by Crippen LogP contribution is 2.37. The molecule has 3 N–H and O–H groups in total. The number of benzene rings is 2. The Bertz CT molecular complexity index is 2110. The van der Waals surface area contributed by atoms with Crippen molar-refractivity contribution in [3.63, 3.8) is 0 Å². The van der Waals surface area contributed by atoms with Crippen LogP contribution in [0.1, 0.15) is 45.2 Å². The average Bonchev–Trinajstić information content (AvgIpc) is 3.11. The van der Waals surface area contributed by atoms with Crippen LogP contribution in [0.15, 0.2) is 66.0 Å². The van der Waals surface area contributed by atoms with Crippen LogP contribution in [0.2, 0.25) is 5.02 Å². The van der Waals surface area contributed by atoms with Gasteiger partial charge in [-0.2, -0.15) is 4.98 Å². The molecule has 2 saturated heterocycles. The maximum atomic E-state index is 13.0. The molecular formula is C37H44ClN9O5S. The van der Waals surface area contributed by atoms with Gasteiger partial charge in [0, 0.05) is 63.6 Å². The van der Waals surface area contributed by atoms with E-state index in [9.17, 15) is 18.0 Å². The standard InChI is InChI=1S/C37H44ClN9O5S/c1-23(2)52-32-19-30(46-16-14-45(15-17-46)22-26-10-12-39-21-31(26)47-13-11-34(48)43-37(47)49)25(5)18-29(32)42-36-40-20-27(38)35(44-36)41-28-8-6-7-9-33(28)53(50,51)24(3)4/h6-10,12,18-21,23-24H,11,13-17,22H2,1-5H3,(H,43,48,49)(H2,40,41,42,44). The van der Waals surface area contributed by atoms with Gasteiger partial charge >= 0.3 is 6.03 Å². The van der Waals surface area contributed by atoms with E-state index in [1.54, 1.807) is 55.4 Å². The summed E-state index contributed by atoms with van der Waals surface area (Å²) in [7, 11) is -3.58. The summed E-state index contributed by atoms with van der Waals surface area (Å²) in [6.45, 7) is 13.4.